The van der Waals surface area contributed by atoms with Gasteiger partial charge in [-0.2, -0.15) is 13.2 Å². The van der Waals surface area contributed by atoms with Crippen LogP contribution in [0.25, 0.3) is 0 Å². The van der Waals surface area contributed by atoms with Gasteiger partial charge in [0.15, 0.2) is 14.0 Å². The van der Waals surface area contributed by atoms with E-state index in [2.05, 4.69) is 45.8 Å². The lowest BCUT2D eigenvalue weighted by molar-refractivity contribution is -0.140. The Morgan fingerprint density at radius 2 is 1.82 bits per heavy atom. The third-order valence-corrected chi connectivity index (χ3v) is 10.4. The second-order valence-electron chi connectivity index (χ2n) is 7.99. The van der Waals surface area contributed by atoms with E-state index < -0.39 is 20.2 Å². The van der Waals surface area contributed by atoms with Crippen LogP contribution in [0.3, 0.4) is 0 Å². The van der Waals surface area contributed by atoms with Crippen LogP contribution in [0.2, 0.25) is 18.1 Å². The quantitative estimate of drug-likeness (QED) is 0.640. The van der Waals surface area contributed by atoms with Gasteiger partial charge in [-0.15, -0.1) is 11.3 Å². The van der Waals surface area contributed by atoms with E-state index in [0.29, 0.717) is 5.01 Å². The normalized spacial score (nSPS) is 26.9. The summed E-state index contributed by atoms with van der Waals surface area (Å²) in [5.74, 6) is 0.0934. The number of hydrogen-bond donors (Lipinski definition) is 0. The highest BCUT2D eigenvalue weighted by Crippen LogP contribution is 2.51. The van der Waals surface area contributed by atoms with E-state index in [1.54, 1.807) is 0 Å². The highest BCUT2D eigenvalue weighted by atomic mass is 32.1. The Morgan fingerprint density at radius 3 is 2.23 bits per heavy atom. The van der Waals surface area contributed by atoms with Gasteiger partial charge in [-0.25, -0.2) is 4.98 Å². The van der Waals surface area contributed by atoms with Gasteiger partial charge in [0, 0.05) is 11.3 Å². The van der Waals surface area contributed by atoms with Crippen LogP contribution in [0.1, 0.15) is 57.2 Å². The third kappa shape index (κ3) is 3.57. The van der Waals surface area contributed by atoms with Crippen molar-refractivity contribution in [2.24, 2.45) is 0 Å². The van der Waals surface area contributed by atoms with Crippen molar-refractivity contribution in [3.8, 4) is 0 Å². The third-order valence-electron chi connectivity index (χ3n) is 4.83. The van der Waals surface area contributed by atoms with Gasteiger partial charge < -0.3 is 4.43 Å². The molecule has 2 rings (SSSR count). The first-order chi connectivity index (χ1) is 9.74. The Labute approximate surface area is 135 Å². The van der Waals surface area contributed by atoms with E-state index in [-0.39, 0.29) is 16.6 Å². The molecule has 0 atom stereocenters. The molecule has 0 amide bonds. The minimum atomic E-state index is -4.35. The maximum absolute atomic E-state index is 12.6. The van der Waals surface area contributed by atoms with Crippen molar-refractivity contribution < 1.29 is 17.6 Å². The van der Waals surface area contributed by atoms with Crippen LogP contribution in [0.15, 0.2) is 5.38 Å². The molecule has 1 fully saturated rings. The van der Waals surface area contributed by atoms with Gasteiger partial charge in [-0.05, 0) is 37.9 Å². The Bertz CT molecular complexity index is 542. The fourth-order valence-corrected chi connectivity index (χ4v) is 5.25. The predicted octanol–water partition coefficient (Wildman–Crippen LogP) is 5.82. The molecular formula is C15H24F3NOSSi. The lowest BCUT2D eigenvalue weighted by Crippen LogP contribution is -2.53. The first-order valence-corrected chi connectivity index (χ1v) is 11.3. The summed E-state index contributed by atoms with van der Waals surface area (Å²) >= 11 is 1.11. The SMILES string of the molecule is CC1(O[Si](C)(C)C(C)(C)C)CC(c2nc(C(F)(F)F)cs2)C1. The van der Waals surface area contributed by atoms with Crippen LogP contribution in [-0.4, -0.2) is 18.9 Å². The first-order valence-electron chi connectivity index (χ1n) is 7.46. The summed E-state index contributed by atoms with van der Waals surface area (Å²) < 4.78 is 44.3. The monoisotopic (exact) mass is 351 g/mol. The summed E-state index contributed by atoms with van der Waals surface area (Å²) in [5.41, 5.74) is -0.996. The van der Waals surface area contributed by atoms with E-state index in [4.69, 9.17) is 4.43 Å². The molecule has 22 heavy (non-hydrogen) atoms. The molecule has 0 spiro atoms. The lowest BCUT2D eigenvalue weighted by Gasteiger charge is -2.51. The Hall–Kier alpha value is -0.403. The molecule has 0 N–H and O–H groups in total. The van der Waals surface area contributed by atoms with Crippen molar-refractivity contribution in [3.63, 3.8) is 0 Å². The van der Waals surface area contributed by atoms with Crippen LogP contribution in [0, 0.1) is 0 Å². The fourth-order valence-electron chi connectivity index (χ4n) is 2.62. The van der Waals surface area contributed by atoms with Crippen molar-refractivity contribution in [2.75, 3.05) is 0 Å². The molecule has 0 bridgehead atoms. The summed E-state index contributed by atoms with van der Waals surface area (Å²) in [5, 5.41) is 1.83. The summed E-state index contributed by atoms with van der Waals surface area (Å²) in [7, 11) is -1.86. The minimum Gasteiger partial charge on any atom is -0.412 e. The average Bonchev–Trinajstić information content (AvgIpc) is 2.71. The van der Waals surface area contributed by atoms with Gasteiger partial charge in [0.1, 0.15) is 0 Å². The second kappa shape index (κ2) is 5.31. The van der Waals surface area contributed by atoms with Gasteiger partial charge in [0.2, 0.25) is 0 Å². The van der Waals surface area contributed by atoms with E-state index in [1.807, 2.05) is 0 Å². The summed E-state index contributed by atoms with van der Waals surface area (Å²) in [6.45, 7) is 13.1. The number of halogens is 3. The minimum absolute atomic E-state index is 0.0934. The topological polar surface area (TPSA) is 22.1 Å². The van der Waals surface area contributed by atoms with Gasteiger partial charge in [0.25, 0.3) is 0 Å². The van der Waals surface area contributed by atoms with Crippen molar-refractivity contribution in [1.29, 1.82) is 0 Å². The fraction of sp³-hybridized carbons (Fsp3) is 0.800. The molecule has 1 aliphatic rings. The molecule has 0 aromatic carbocycles. The molecule has 126 valence electrons. The summed E-state index contributed by atoms with van der Waals surface area (Å²) in [4.78, 5) is 3.76. The number of rotatable bonds is 3. The number of hydrogen-bond acceptors (Lipinski definition) is 3. The van der Waals surface area contributed by atoms with E-state index >= 15 is 0 Å². The van der Waals surface area contributed by atoms with Crippen LogP contribution >= 0.6 is 11.3 Å². The molecule has 0 aliphatic heterocycles. The largest absolute Gasteiger partial charge is 0.434 e. The van der Waals surface area contributed by atoms with Crippen molar-refractivity contribution in [1.82, 2.24) is 4.98 Å². The molecule has 2 nitrogen and oxygen atoms in total. The molecule has 1 aliphatic carbocycles. The van der Waals surface area contributed by atoms with Crippen molar-refractivity contribution in [3.05, 3.63) is 16.1 Å². The number of alkyl halides is 3. The zero-order valence-electron chi connectivity index (χ0n) is 14.0. The van der Waals surface area contributed by atoms with Crippen molar-refractivity contribution in [2.45, 2.75) is 76.4 Å². The molecule has 1 heterocycles. The highest BCUT2D eigenvalue weighted by molar-refractivity contribution is 7.09. The molecule has 0 unspecified atom stereocenters. The molecule has 1 aromatic heterocycles. The average molecular weight is 352 g/mol. The lowest BCUT2D eigenvalue weighted by atomic mass is 9.72. The first kappa shape index (κ1) is 17.9. The summed E-state index contributed by atoms with van der Waals surface area (Å²) in [6, 6.07) is 0. The molecular weight excluding hydrogens is 327 g/mol. The molecule has 7 heteroatoms. The van der Waals surface area contributed by atoms with Gasteiger partial charge in [-0.1, -0.05) is 20.8 Å². The van der Waals surface area contributed by atoms with Crippen LogP contribution in [0.4, 0.5) is 13.2 Å². The zero-order chi connectivity index (χ0) is 17.0. The van der Waals surface area contributed by atoms with Crippen molar-refractivity contribution >= 4 is 19.7 Å². The smallest absolute Gasteiger partial charge is 0.412 e. The maximum atomic E-state index is 12.6. The second-order valence-corrected chi connectivity index (χ2v) is 13.6. The van der Waals surface area contributed by atoms with E-state index in [0.717, 1.165) is 29.6 Å². The predicted molar refractivity (Wildman–Crippen MR) is 85.8 cm³/mol. The highest BCUT2D eigenvalue weighted by Gasteiger charge is 2.50. The molecule has 0 radical (unpaired) electrons. The Morgan fingerprint density at radius 1 is 1.27 bits per heavy atom. The Kier molecular flexibility index (Phi) is 4.33. The molecule has 1 aromatic rings. The van der Waals surface area contributed by atoms with Crippen LogP contribution in [-0.2, 0) is 10.6 Å². The van der Waals surface area contributed by atoms with Gasteiger partial charge >= 0.3 is 6.18 Å². The summed E-state index contributed by atoms with van der Waals surface area (Å²) in [6.07, 6.45) is -2.84. The van der Waals surface area contributed by atoms with E-state index in [9.17, 15) is 13.2 Å². The van der Waals surface area contributed by atoms with E-state index in [1.165, 1.54) is 0 Å². The maximum Gasteiger partial charge on any atom is 0.434 e. The number of aromatic nitrogens is 1. The molecule has 1 saturated carbocycles. The van der Waals surface area contributed by atoms with Gasteiger partial charge in [-0.3, -0.25) is 0 Å². The Balaban J connectivity index is 2.01. The van der Waals surface area contributed by atoms with Crippen LogP contribution in [0.5, 0.6) is 0 Å². The number of thiazole rings is 1. The molecule has 0 saturated heterocycles. The zero-order valence-corrected chi connectivity index (χ0v) is 15.8. The van der Waals surface area contributed by atoms with Crippen LogP contribution < -0.4 is 0 Å². The standard InChI is InChI=1S/C15H24F3NOSSi/c1-13(2,3)22(5,6)20-14(4)7-10(8-14)12-19-11(9-21-12)15(16,17)18/h9-10H,7-8H2,1-6H3. The number of nitrogens with zero attached hydrogens (tertiary/aromatic N) is 1. The van der Waals surface area contributed by atoms with Gasteiger partial charge in [0.05, 0.1) is 10.6 Å².